The molecule has 0 spiro atoms. The van der Waals surface area contributed by atoms with Crippen LogP contribution < -0.4 is 5.30 Å². The summed E-state index contributed by atoms with van der Waals surface area (Å²) >= 11 is 3.38. The number of hydrogen-bond donors (Lipinski definition) is 0. The third-order valence-electron chi connectivity index (χ3n) is 2.54. The van der Waals surface area contributed by atoms with Crippen molar-refractivity contribution in [2.45, 2.75) is 6.92 Å². The van der Waals surface area contributed by atoms with Gasteiger partial charge in [0.1, 0.15) is 7.14 Å². The van der Waals surface area contributed by atoms with Crippen LogP contribution in [-0.2, 0) is 4.57 Å². The Morgan fingerprint density at radius 1 is 1.29 bits per heavy atom. The van der Waals surface area contributed by atoms with E-state index >= 15 is 0 Å². The molecule has 1 aliphatic heterocycles. The van der Waals surface area contributed by atoms with Gasteiger partial charge in [0.05, 0.1) is 0 Å². The first kappa shape index (κ1) is 10.2. The average Bonchev–Trinajstić information content (AvgIpc) is 2.48. The summed E-state index contributed by atoms with van der Waals surface area (Å²) in [6.45, 7) is 2.05. The van der Waals surface area contributed by atoms with Gasteiger partial charge in [0.2, 0.25) is 0 Å². The molecule has 0 saturated carbocycles. The predicted octanol–water partition coefficient (Wildman–Crippen LogP) is 3.40. The third kappa shape index (κ3) is 1.87. The van der Waals surface area contributed by atoms with Gasteiger partial charge in [0.25, 0.3) is 0 Å². The summed E-state index contributed by atoms with van der Waals surface area (Å²) in [5.74, 6) is 0. The number of halogens is 1. The van der Waals surface area contributed by atoms with Crippen LogP contribution in [0.25, 0.3) is 0 Å². The highest BCUT2D eigenvalue weighted by molar-refractivity contribution is 9.10. The second-order valence-electron chi connectivity index (χ2n) is 3.76. The van der Waals surface area contributed by atoms with Gasteiger partial charge in [-0.05, 0) is 19.1 Å². The molecule has 0 amide bonds. The van der Waals surface area contributed by atoms with Crippen molar-refractivity contribution in [3.63, 3.8) is 0 Å². The lowest BCUT2D eigenvalue weighted by atomic mass is 10.3. The third-order valence-corrected chi connectivity index (χ3v) is 6.09. The molecule has 0 N–H and O–H groups in total. The van der Waals surface area contributed by atoms with Gasteiger partial charge in [-0.15, -0.1) is 0 Å². The number of benzene rings is 1. The van der Waals surface area contributed by atoms with Gasteiger partial charge in [0, 0.05) is 22.1 Å². The lowest BCUT2D eigenvalue weighted by Gasteiger charge is -2.11. The van der Waals surface area contributed by atoms with Crippen molar-refractivity contribution in [2.75, 3.05) is 12.3 Å². The van der Waals surface area contributed by atoms with E-state index < -0.39 is 7.14 Å². The maximum atomic E-state index is 12.5. The van der Waals surface area contributed by atoms with Crippen molar-refractivity contribution in [2.24, 2.45) is 0 Å². The van der Waals surface area contributed by atoms with E-state index in [1.165, 1.54) is 5.57 Å². The molecule has 2 rings (SSSR count). The van der Waals surface area contributed by atoms with Crippen molar-refractivity contribution >= 4 is 28.4 Å². The van der Waals surface area contributed by atoms with Crippen LogP contribution >= 0.6 is 23.1 Å². The van der Waals surface area contributed by atoms with Crippen molar-refractivity contribution in [3.8, 4) is 0 Å². The summed E-state index contributed by atoms with van der Waals surface area (Å²) in [5, 5.41) is 1.01. The standard InChI is InChI=1S/C11H12BrOP/c1-9-6-7-14(13,8-9)11-4-2-10(12)3-5-11/h2-6H,7-8H2,1H3. The molecular formula is C11H12BrOP. The molecule has 0 saturated heterocycles. The van der Waals surface area contributed by atoms with Crippen LogP contribution in [0, 0.1) is 0 Å². The second kappa shape index (κ2) is 3.67. The number of hydrogen-bond acceptors (Lipinski definition) is 1. The molecular weight excluding hydrogens is 259 g/mol. The summed E-state index contributed by atoms with van der Waals surface area (Å²) in [6, 6.07) is 7.86. The molecule has 1 nitrogen and oxygen atoms in total. The summed E-state index contributed by atoms with van der Waals surface area (Å²) in [4.78, 5) is 0. The Kier molecular flexibility index (Phi) is 2.68. The van der Waals surface area contributed by atoms with Crippen molar-refractivity contribution in [1.29, 1.82) is 0 Å². The maximum Gasteiger partial charge on any atom is 0.123 e. The Balaban J connectivity index is 2.33. The van der Waals surface area contributed by atoms with Gasteiger partial charge in [0.15, 0.2) is 0 Å². The van der Waals surface area contributed by atoms with E-state index in [9.17, 15) is 4.57 Å². The fourth-order valence-electron chi connectivity index (χ4n) is 1.74. The van der Waals surface area contributed by atoms with Gasteiger partial charge < -0.3 is 4.57 Å². The molecule has 3 heteroatoms. The second-order valence-corrected chi connectivity index (χ2v) is 7.65. The van der Waals surface area contributed by atoms with Crippen LogP contribution in [0.1, 0.15) is 6.92 Å². The SMILES string of the molecule is CC1=CCP(=O)(c2ccc(Br)cc2)C1. The van der Waals surface area contributed by atoms with E-state index in [1.807, 2.05) is 24.3 Å². The fourth-order valence-corrected chi connectivity index (χ4v) is 4.77. The fraction of sp³-hybridized carbons (Fsp3) is 0.273. The monoisotopic (exact) mass is 270 g/mol. The molecule has 1 aromatic carbocycles. The highest BCUT2D eigenvalue weighted by Crippen LogP contribution is 2.50. The van der Waals surface area contributed by atoms with Crippen LogP contribution in [0.2, 0.25) is 0 Å². The minimum Gasteiger partial charge on any atom is -0.318 e. The quantitative estimate of drug-likeness (QED) is 0.565. The molecule has 1 heterocycles. The molecule has 1 aliphatic rings. The molecule has 1 unspecified atom stereocenters. The molecule has 74 valence electrons. The Morgan fingerprint density at radius 2 is 1.93 bits per heavy atom. The van der Waals surface area contributed by atoms with Gasteiger partial charge in [-0.1, -0.05) is 39.7 Å². The molecule has 0 radical (unpaired) electrons. The zero-order valence-corrected chi connectivity index (χ0v) is 10.5. The van der Waals surface area contributed by atoms with Crippen LogP contribution in [0.15, 0.2) is 40.4 Å². The molecule has 14 heavy (non-hydrogen) atoms. The molecule has 0 fully saturated rings. The van der Waals surface area contributed by atoms with Gasteiger partial charge in [-0.25, -0.2) is 0 Å². The summed E-state index contributed by atoms with van der Waals surface area (Å²) in [6.07, 6.45) is 3.60. The highest BCUT2D eigenvalue weighted by Gasteiger charge is 2.27. The van der Waals surface area contributed by atoms with Crippen LogP contribution in [0.5, 0.6) is 0 Å². The van der Waals surface area contributed by atoms with Gasteiger partial charge >= 0.3 is 0 Å². The molecule has 0 aromatic heterocycles. The first-order chi connectivity index (χ1) is 6.60. The Labute approximate surface area is 92.7 Å². The van der Waals surface area contributed by atoms with E-state index in [1.54, 1.807) is 0 Å². The first-order valence-corrected chi connectivity index (χ1v) is 7.47. The average molecular weight is 271 g/mol. The van der Waals surface area contributed by atoms with Gasteiger partial charge in [-0.3, -0.25) is 0 Å². The molecule has 1 atom stereocenters. The minimum atomic E-state index is -2.11. The minimum absolute atomic E-state index is 0.737. The maximum absolute atomic E-state index is 12.5. The molecule has 1 aromatic rings. The normalized spacial score (nSPS) is 26.3. The first-order valence-electron chi connectivity index (χ1n) is 4.60. The Bertz CT molecular complexity index is 419. The summed E-state index contributed by atoms with van der Waals surface area (Å²) in [7, 11) is -2.11. The van der Waals surface area contributed by atoms with Crippen molar-refractivity contribution in [1.82, 2.24) is 0 Å². The van der Waals surface area contributed by atoms with E-state index in [0.717, 1.165) is 22.1 Å². The lowest BCUT2D eigenvalue weighted by molar-refractivity contribution is 0.585. The number of allylic oxidation sites excluding steroid dienone is 2. The van der Waals surface area contributed by atoms with E-state index in [0.29, 0.717) is 0 Å². The number of rotatable bonds is 1. The van der Waals surface area contributed by atoms with Gasteiger partial charge in [-0.2, -0.15) is 0 Å². The lowest BCUT2D eigenvalue weighted by Crippen LogP contribution is -2.06. The van der Waals surface area contributed by atoms with E-state index in [4.69, 9.17) is 0 Å². The van der Waals surface area contributed by atoms with Crippen LogP contribution in [0.3, 0.4) is 0 Å². The van der Waals surface area contributed by atoms with Crippen LogP contribution in [-0.4, -0.2) is 12.3 Å². The van der Waals surface area contributed by atoms with Crippen molar-refractivity contribution in [3.05, 3.63) is 40.4 Å². The largest absolute Gasteiger partial charge is 0.318 e. The molecule has 0 aliphatic carbocycles. The van der Waals surface area contributed by atoms with Crippen LogP contribution in [0.4, 0.5) is 0 Å². The summed E-state index contributed by atoms with van der Waals surface area (Å²) in [5.41, 5.74) is 1.26. The zero-order valence-electron chi connectivity index (χ0n) is 8.03. The molecule has 0 bridgehead atoms. The Morgan fingerprint density at radius 3 is 2.43 bits per heavy atom. The van der Waals surface area contributed by atoms with Crippen molar-refractivity contribution < 1.29 is 4.57 Å². The topological polar surface area (TPSA) is 17.1 Å². The highest BCUT2D eigenvalue weighted by atomic mass is 79.9. The van der Waals surface area contributed by atoms with E-state index in [2.05, 4.69) is 28.9 Å². The Hall–Kier alpha value is -0.330. The summed E-state index contributed by atoms with van der Waals surface area (Å²) < 4.78 is 13.5. The van der Waals surface area contributed by atoms with E-state index in [-0.39, 0.29) is 0 Å². The predicted molar refractivity (Wildman–Crippen MR) is 64.9 cm³/mol. The zero-order chi connectivity index (χ0) is 10.2. The smallest absolute Gasteiger partial charge is 0.123 e.